The zero-order valence-electron chi connectivity index (χ0n) is 20.8. The molecule has 4 N–H and O–H groups in total. The molecule has 0 atom stereocenters. The molecule has 0 spiro atoms. The Morgan fingerprint density at radius 1 is 0.975 bits per heavy atom. The van der Waals surface area contributed by atoms with E-state index in [9.17, 15) is 18.0 Å². The molecule has 0 bridgehead atoms. The minimum atomic E-state index is -4.59. The van der Waals surface area contributed by atoms with E-state index in [0.29, 0.717) is 11.6 Å². The van der Waals surface area contributed by atoms with E-state index in [1.165, 1.54) is 29.3 Å². The number of amides is 2. The molecule has 0 aliphatic rings. The minimum Gasteiger partial charge on any atom is -0.424 e. The number of nitrogen functional groups attached to an aromatic ring is 1. The predicted octanol–water partition coefficient (Wildman–Crippen LogP) is 6.07. The highest BCUT2D eigenvalue weighted by Gasteiger charge is 2.31. The van der Waals surface area contributed by atoms with Crippen molar-refractivity contribution in [2.75, 3.05) is 16.4 Å². The summed E-state index contributed by atoms with van der Waals surface area (Å²) in [5, 5.41) is 8.94. The third-order valence-electron chi connectivity index (χ3n) is 5.64. The Kier molecular flexibility index (Phi) is 7.01. The first-order chi connectivity index (χ1) is 19.2. The van der Waals surface area contributed by atoms with E-state index >= 15 is 0 Å². The summed E-state index contributed by atoms with van der Waals surface area (Å²) < 4.78 is 46.8. The number of nitrogens with two attached hydrogens (primary N) is 1. The number of benzene rings is 2. The molecule has 3 aromatic heterocycles. The van der Waals surface area contributed by atoms with Gasteiger partial charge in [0.1, 0.15) is 11.6 Å². The second-order valence-electron chi connectivity index (χ2n) is 8.59. The lowest BCUT2D eigenvalue weighted by molar-refractivity contribution is -0.137. The van der Waals surface area contributed by atoms with Crippen LogP contribution >= 0.6 is 0 Å². The average molecular weight is 547 g/mol. The van der Waals surface area contributed by atoms with Crippen LogP contribution in [0.2, 0.25) is 0 Å². The lowest BCUT2D eigenvalue weighted by Gasteiger charge is -2.15. The summed E-state index contributed by atoms with van der Waals surface area (Å²) in [6.45, 7) is 1.93. The predicted molar refractivity (Wildman–Crippen MR) is 142 cm³/mol. The summed E-state index contributed by atoms with van der Waals surface area (Å²) in [5.41, 5.74) is 8.06. The molecule has 2 aromatic carbocycles. The Morgan fingerprint density at radius 3 is 2.40 bits per heavy atom. The number of rotatable bonds is 6. The number of halogens is 3. The van der Waals surface area contributed by atoms with Crippen LogP contribution in [0.1, 0.15) is 11.1 Å². The molecule has 0 saturated carbocycles. The van der Waals surface area contributed by atoms with Crippen LogP contribution < -0.4 is 21.1 Å². The van der Waals surface area contributed by atoms with Crippen LogP contribution in [0.5, 0.6) is 11.8 Å². The highest BCUT2D eigenvalue weighted by atomic mass is 19.4. The summed E-state index contributed by atoms with van der Waals surface area (Å²) in [5.74, 6) is 0.887. The number of nitrogens with one attached hydrogen (secondary N) is 2. The zero-order chi connectivity index (χ0) is 28.3. The quantitative estimate of drug-likeness (QED) is 0.235. The van der Waals surface area contributed by atoms with Crippen molar-refractivity contribution in [1.82, 2.24) is 24.7 Å². The third kappa shape index (κ3) is 5.99. The van der Waals surface area contributed by atoms with Crippen molar-refractivity contribution >= 4 is 23.2 Å². The number of alkyl halides is 3. The number of aromatic nitrogens is 5. The molecule has 5 aromatic rings. The Bertz CT molecular complexity index is 1640. The van der Waals surface area contributed by atoms with Gasteiger partial charge < -0.3 is 21.1 Å². The van der Waals surface area contributed by atoms with Crippen LogP contribution in [0.4, 0.5) is 35.2 Å². The molecule has 0 saturated heterocycles. The summed E-state index contributed by atoms with van der Waals surface area (Å²) >= 11 is 0. The molecule has 40 heavy (non-hydrogen) atoms. The molecular weight excluding hydrogens is 525 g/mol. The van der Waals surface area contributed by atoms with Gasteiger partial charge in [0.05, 0.1) is 35.0 Å². The number of nitrogens with zero attached hydrogens (tertiary/aromatic N) is 5. The number of aryl methyl sites for hydroxylation is 1. The van der Waals surface area contributed by atoms with Crippen molar-refractivity contribution in [1.29, 1.82) is 0 Å². The van der Waals surface area contributed by atoms with Crippen LogP contribution in [0.3, 0.4) is 0 Å². The van der Waals surface area contributed by atoms with Crippen molar-refractivity contribution in [2.45, 2.75) is 13.1 Å². The molecule has 3 heterocycles. The molecule has 2 amide bonds. The molecule has 13 heteroatoms. The normalized spacial score (nSPS) is 11.2. The molecule has 5 rings (SSSR count). The van der Waals surface area contributed by atoms with Gasteiger partial charge in [0.25, 0.3) is 0 Å². The van der Waals surface area contributed by atoms with E-state index in [0.717, 1.165) is 28.8 Å². The van der Waals surface area contributed by atoms with Crippen molar-refractivity contribution in [3.8, 4) is 28.6 Å². The molecule has 0 aliphatic carbocycles. The standard InChI is InChI=1S/C27H21F3N8O2/c1-16-11-21(24(31)32-13-16)17-3-6-20(7-4-17)40-26-33-14-19(15-34-26)36-25(39)37-22-12-18(27(28,29)30)5-8-23(22)38-10-2-9-35-38/h2-15H,1H3,(H2,31,32)(H2,36,37,39). The number of carbonyl (C=O) groups is 1. The molecule has 202 valence electrons. The lowest BCUT2D eigenvalue weighted by Crippen LogP contribution is -2.21. The monoisotopic (exact) mass is 546 g/mol. The van der Waals surface area contributed by atoms with Gasteiger partial charge in [-0.15, -0.1) is 0 Å². The first-order valence-corrected chi connectivity index (χ1v) is 11.8. The van der Waals surface area contributed by atoms with Gasteiger partial charge in [-0.2, -0.15) is 18.3 Å². The van der Waals surface area contributed by atoms with Crippen molar-refractivity contribution in [2.24, 2.45) is 0 Å². The van der Waals surface area contributed by atoms with Crippen LogP contribution in [-0.4, -0.2) is 30.8 Å². The fourth-order valence-corrected chi connectivity index (χ4v) is 3.76. The largest absolute Gasteiger partial charge is 0.424 e. The van der Waals surface area contributed by atoms with Gasteiger partial charge in [-0.25, -0.2) is 24.4 Å². The molecule has 10 nitrogen and oxygen atoms in total. The van der Waals surface area contributed by atoms with Crippen molar-refractivity contribution in [3.63, 3.8) is 0 Å². The van der Waals surface area contributed by atoms with Gasteiger partial charge in [0.15, 0.2) is 0 Å². The van der Waals surface area contributed by atoms with Crippen LogP contribution in [-0.2, 0) is 6.18 Å². The Hall–Kier alpha value is -5.46. The lowest BCUT2D eigenvalue weighted by atomic mass is 10.1. The second-order valence-corrected chi connectivity index (χ2v) is 8.59. The van der Waals surface area contributed by atoms with Gasteiger partial charge in [0.2, 0.25) is 0 Å². The van der Waals surface area contributed by atoms with Crippen LogP contribution in [0.25, 0.3) is 16.8 Å². The maximum atomic E-state index is 13.3. The average Bonchev–Trinajstić information content (AvgIpc) is 3.46. The Labute approximate surface area is 225 Å². The molecule has 0 fully saturated rings. The van der Waals surface area contributed by atoms with Gasteiger partial charge in [0, 0.05) is 24.2 Å². The fraction of sp³-hybridized carbons (Fsp3) is 0.0741. The summed E-state index contributed by atoms with van der Waals surface area (Å²) in [7, 11) is 0. The number of urea groups is 1. The van der Waals surface area contributed by atoms with E-state index < -0.39 is 17.8 Å². The zero-order valence-corrected chi connectivity index (χ0v) is 20.8. The maximum absolute atomic E-state index is 13.3. The number of anilines is 3. The highest BCUT2D eigenvalue weighted by Crippen LogP contribution is 2.33. The smallest absolute Gasteiger partial charge is 0.416 e. The van der Waals surface area contributed by atoms with Gasteiger partial charge in [-0.3, -0.25) is 0 Å². The molecule has 0 unspecified atom stereocenters. The minimum absolute atomic E-state index is 0.0225. The number of pyridine rings is 1. The van der Waals surface area contributed by atoms with E-state index in [4.69, 9.17) is 10.5 Å². The summed E-state index contributed by atoms with van der Waals surface area (Å²) in [6.07, 6.45) is 2.71. The summed E-state index contributed by atoms with van der Waals surface area (Å²) in [4.78, 5) is 24.9. The van der Waals surface area contributed by atoms with Gasteiger partial charge >= 0.3 is 18.2 Å². The number of carbonyl (C=O) groups excluding carboxylic acids is 1. The van der Waals surface area contributed by atoms with E-state index in [-0.39, 0.29) is 23.1 Å². The Balaban J connectivity index is 1.25. The second kappa shape index (κ2) is 10.7. The summed E-state index contributed by atoms with van der Waals surface area (Å²) in [6, 6.07) is 12.8. The van der Waals surface area contributed by atoms with Crippen LogP contribution in [0.15, 0.2) is 85.6 Å². The van der Waals surface area contributed by atoms with Crippen molar-refractivity contribution < 1.29 is 22.7 Å². The van der Waals surface area contributed by atoms with E-state index in [1.807, 2.05) is 25.1 Å². The van der Waals surface area contributed by atoms with Gasteiger partial charge in [-0.1, -0.05) is 12.1 Å². The molecular formula is C27H21F3N8O2. The third-order valence-corrected chi connectivity index (χ3v) is 5.64. The SMILES string of the molecule is Cc1cnc(N)c(-c2ccc(Oc3ncc(NC(=O)Nc4cc(C(F)(F)F)ccc4-n4cccn4)cn3)cc2)c1. The van der Waals surface area contributed by atoms with Gasteiger partial charge in [-0.05, 0) is 60.5 Å². The Morgan fingerprint density at radius 2 is 1.73 bits per heavy atom. The molecule has 0 radical (unpaired) electrons. The first-order valence-electron chi connectivity index (χ1n) is 11.8. The number of hydrogen-bond acceptors (Lipinski definition) is 7. The highest BCUT2D eigenvalue weighted by molar-refractivity contribution is 6.00. The number of ether oxygens (including phenoxy) is 1. The maximum Gasteiger partial charge on any atom is 0.416 e. The number of hydrogen-bond donors (Lipinski definition) is 3. The fourth-order valence-electron chi connectivity index (χ4n) is 3.76. The first kappa shape index (κ1) is 26.2. The van der Waals surface area contributed by atoms with Crippen molar-refractivity contribution in [3.05, 3.63) is 96.7 Å². The van der Waals surface area contributed by atoms with E-state index in [2.05, 4.69) is 30.7 Å². The molecule has 0 aliphatic heterocycles. The van der Waals surface area contributed by atoms with E-state index in [1.54, 1.807) is 30.6 Å². The van der Waals surface area contributed by atoms with Crippen LogP contribution in [0, 0.1) is 6.92 Å². The topological polar surface area (TPSA) is 133 Å².